The Kier molecular flexibility index (Phi) is 4.24. The zero-order chi connectivity index (χ0) is 15.7. The van der Waals surface area contributed by atoms with Crippen LogP contribution < -0.4 is 10.0 Å². The van der Waals surface area contributed by atoms with Gasteiger partial charge in [-0.15, -0.1) is 11.3 Å². The smallest absolute Gasteiger partial charge is 0.271 e. The van der Waals surface area contributed by atoms with Gasteiger partial charge in [0.15, 0.2) is 0 Å². The van der Waals surface area contributed by atoms with Crippen molar-refractivity contribution < 1.29 is 13.2 Å². The number of nitrogens with one attached hydrogen (secondary N) is 2. The Balaban J connectivity index is 1.71. The summed E-state index contributed by atoms with van der Waals surface area (Å²) in [5.74, 6) is -0.126. The first kappa shape index (κ1) is 15.5. The lowest BCUT2D eigenvalue weighted by atomic mass is 10.2. The van der Waals surface area contributed by atoms with Gasteiger partial charge in [0.1, 0.15) is 4.21 Å². The van der Waals surface area contributed by atoms with Gasteiger partial charge in [0.2, 0.25) is 0 Å². The average Bonchev–Trinajstić information content (AvgIpc) is 3.16. The molecular formula is C14H13BrN2O3S2. The van der Waals surface area contributed by atoms with E-state index in [-0.39, 0.29) is 10.1 Å². The van der Waals surface area contributed by atoms with Crippen molar-refractivity contribution in [2.24, 2.45) is 0 Å². The van der Waals surface area contributed by atoms with Crippen molar-refractivity contribution in [1.29, 1.82) is 0 Å². The highest BCUT2D eigenvalue weighted by Crippen LogP contribution is 2.27. The fourth-order valence-corrected chi connectivity index (χ4v) is 4.90. The van der Waals surface area contributed by atoms with Crippen LogP contribution in [0, 0.1) is 0 Å². The molecule has 0 spiro atoms. The lowest BCUT2D eigenvalue weighted by Crippen LogP contribution is -2.25. The lowest BCUT2D eigenvalue weighted by Gasteiger charge is -2.07. The number of thiophene rings is 1. The molecule has 22 heavy (non-hydrogen) atoms. The van der Waals surface area contributed by atoms with Crippen molar-refractivity contribution in [1.82, 2.24) is 5.32 Å². The van der Waals surface area contributed by atoms with Crippen LogP contribution in [0.15, 0.2) is 44.4 Å². The number of hydrogen-bond acceptors (Lipinski definition) is 4. The maximum Gasteiger partial charge on any atom is 0.271 e. The molecule has 1 saturated carbocycles. The first-order valence-electron chi connectivity index (χ1n) is 6.63. The summed E-state index contributed by atoms with van der Waals surface area (Å²) in [7, 11) is -3.60. The molecule has 1 aliphatic rings. The number of carbonyl (C=O) groups is 1. The van der Waals surface area contributed by atoms with Crippen molar-refractivity contribution in [2.75, 3.05) is 4.72 Å². The second-order valence-electron chi connectivity index (χ2n) is 4.99. The van der Waals surface area contributed by atoms with Gasteiger partial charge in [-0.1, -0.05) is 0 Å². The summed E-state index contributed by atoms with van der Waals surface area (Å²) in [5.41, 5.74) is 0.946. The van der Waals surface area contributed by atoms with E-state index in [0.29, 0.717) is 17.3 Å². The molecule has 0 radical (unpaired) electrons. The maximum absolute atomic E-state index is 12.2. The fraction of sp³-hybridized carbons (Fsp3) is 0.214. The quantitative estimate of drug-likeness (QED) is 0.808. The Morgan fingerprint density at radius 2 is 1.82 bits per heavy atom. The number of carbonyl (C=O) groups excluding carboxylic acids is 1. The van der Waals surface area contributed by atoms with E-state index in [0.717, 1.165) is 28.0 Å². The third-order valence-corrected chi connectivity index (χ3v) is 6.62. The Labute approximate surface area is 140 Å². The second kappa shape index (κ2) is 6.02. The van der Waals surface area contributed by atoms with E-state index in [2.05, 4.69) is 26.0 Å². The Morgan fingerprint density at radius 1 is 1.14 bits per heavy atom. The summed E-state index contributed by atoms with van der Waals surface area (Å²) in [6.45, 7) is 0. The van der Waals surface area contributed by atoms with Crippen molar-refractivity contribution in [2.45, 2.75) is 23.1 Å². The molecule has 1 heterocycles. The topological polar surface area (TPSA) is 75.3 Å². The molecule has 1 amide bonds. The van der Waals surface area contributed by atoms with Crippen molar-refractivity contribution in [3.05, 3.63) is 45.7 Å². The summed E-state index contributed by atoms with van der Waals surface area (Å²) < 4.78 is 27.9. The largest absolute Gasteiger partial charge is 0.349 e. The normalized spacial score (nSPS) is 14.6. The number of amides is 1. The van der Waals surface area contributed by atoms with Crippen molar-refractivity contribution >= 4 is 48.9 Å². The number of benzene rings is 1. The van der Waals surface area contributed by atoms with Crippen LogP contribution in [0.25, 0.3) is 0 Å². The predicted molar refractivity (Wildman–Crippen MR) is 89.8 cm³/mol. The molecule has 0 saturated heterocycles. The molecule has 1 fully saturated rings. The standard InChI is InChI=1S/C14H13BrN2O3S2/c15-12-7-8-13(21-12)22(19,20)17-11-3-1-9(2-4-11)14(18)16-10-5-6-10/h1-4,7-8,10,17H,5-6H2,(H,16,18). The van der Waals surface area contributed by atoms with Gasteiger partial charge in [0, 0.05) is 17.3 Å². The van der Waals surface area contributed by atoms with Gasteiger partial charge in [0.05, 0.1) is 3.79 Å². The van der Waals surface area contributed by atoms with Crippen LogP contribution >= 0.6 is 27.3 Å². The van der Waals surface area contributed by atoms with Gasteiger partial charge in [-0.3, -0.25) is 9.52 Å². The molecule has 1 aliphatic carbocycles. The van der Waals surface area contributed by atoms with Gasteiger partial charge in [0.25, 0.3) is 15.9 Å². The van der Waals surface area contributed by atoms with Crippen LogP contribution in [-0.4, -0.2) is 20.4 Å². The van der Waals surface area contributed by atoms with Gasteiger partial charge in [-0.25, -0.2) is 8.42 Å². The zero-order valence-corrected chi connectivity index (χ0v) is 14.6. The van der Waals surface area contributed by atoms with Crippen molar-refractivity contribution in [3.63, 3.8) is 0 Å². The minimum atomic E-state index is -3.60. The first-order chi connectivity index (χ1) is 10.4. The molecule has 3 rings (SSSR count). The zero-order valence-electron chi connectivity index (χ0n) is 11.4. The van der Waals surface area contributed by atoms with E-state index < -0.39 is 10.0 Å². The Bertz CT molecular complexity index is 796. The molecule has 0 bridgehead atoms. The van der Waals surface area contributed by atoms with Gasteiger partial charge >= 0.3 is 0 Å². The molecule has 0 aliphatic heterocycles. The molecule has 0 unspecified atom stereocenters. The Hall–Kier alpha value is -1.38. The third kappa shape index (κ3) is 3.68. The first-order valence-corrected chi connectivity index (χ1v) is 9.72. The number of hydrogen-bond donors (Lipinski definition) is 2. The Morgan fingerprint density at radius 3 is 2.36 bits per heavy atom. The molecule has 8 heteroatoms. The average molecular weight is 401 g/mol. The summed E-state index contributed by atoms with van der Waals surface area (Å²) in [5, 5.41) is 2.89. The van der Waals surface area contributed by atoms with Crippen LogP contribution in [0.5, 0.6) is 0 Å². The van der Waals surface area contributed by atoms with E-state index in [9.17, 15) is 13.2 Å². The molecule has 1 aromatic heterocycles. The van der Waals surface area contributed by atoms with E-state index in [1.165, 1.54) is 6.07 Å². The highest BCUT2D eigenvalue weighted by molar-refractivity contribution is 9.11. The number of anilines is 1. The van der Waals surface area contributed by atoms with Crippen molar-refractivity contribution in [3.8, 4) is 0 Å². The minimum Gasteiger partial charge on any atom is -0.349 e. The summed E-state index contributed by atoms with van der Waals surface area (Å²) in [4.78, 5) is 11.9. The highest BCUT2D eigenvalue weighted by atomic mass is 79.9. The number of halogens is 1. The monoisotopic (exact) mass is 400 g/mol. The lowest BCUT2D eigenvalue weighted by molar-refractivity contribution is 0.0951. The molecule has 0 atom stereocenters. The van der Waals surface area contributed by atoms with Crippen LogP contribution in [0.3, 0.4) is 0 Å². The van der Waals surface area contributed by atoms with E-state index in [1.807, 2.05) is 0 Å². The minimum absolute atomic E-state index is 0.126. The maximum atomic E-state index is 12.2. The predicted octanol–water partition coefficient (Wildman–Crippen LogP) is 3.20. The number of rotatable bonds is 5. The van der Waals surface area contributed by atoms with Gasteiger partial charge < -0.3 is 5.32 Å². The summed E-state index contributed by atoms with van der Waals surface area (Å²) in [6, 6.07) is 9.91. The van der Waals surface area contributed by atoms with E-state index in [1.54, 1.807) is 30.3 Å². The van der Waals surface area contributed by atoms with E-state index in [4.69, 9.17) is 0 Å². The van der Waals surface area contributed by atoms with Crippen LogP contribution in [0.1, 0.15) is 23.2 Å². The number of sulfonamides is 1. The fourth-order valence-electron chi connectivity index (χ4n) is 1.83. The molecule has 116 valence electrons. The summed E-state index contributed by atoms with van der Waals surface area (Å²) in [6.07, 6.45) is 2.06. The van der Waals surface area contributed by atoms with Crippen LogP contribution in [0.4, 0.5) is 5.69 Å². The van der Waals surface area contributed by atoms with Crippen LogP contribution in [0.2, 0.25) is 0 Å². The van der Waals surface area contributed by atoms with Crippen LogP contribution in [-0.2, 0) is 10.0 Å². The summed E-state index contributed by atoms with van der Waals surface area (Å²) >= 11 is 4.38. The third-order valence-electron chi connectivity index (χ3n) is 3.13. The van der Waals surface area contributed by atoms with E-state index >= 15 is 0 Å². The molecular weight excluding hydrogens is 388 g/mol. The molecule has 2 N–H and O–H groups in total. The molecule has 5 nitrogen and oxygen atoms in total. The second-order valence-corrected chi connectivity index (χ2v) is 9.36. The van der Waals surface area contributed by atoms with Gasteiger partial charge in [-0.2, -0.15) is 0 Å². The molecule has 2 aromatic rings. The SMILES string of the molecule is O=C(NC1CC1)c1ccc(NS(=O)(=O)c2ccc(Br)s2)cc1. The highest BCUT2D eigenvalue weighted by Gasteiger charge is 2.23. The van der Waals surface area contributed by atoms with Gasteiger partial charge in [-0.05, 0) is 65.2 Å². The molecule has 1 aromatic carbocycles.